The highest BCUT2D eigenvalue weighted by Gasteiger charge is 2.19. The highest BCUT2D eigenvalue weighted by atomic mass is 16.6. The molecule has 0 spiro atoms. The Morgan fingerprint density at radius 2 is 0.576 bits per heavy atom. The Hall–Kier alpha value is -2.63. The van der Waals surface area contributed by atoms with Gasteiger partial charge in [0.2, 0.25) is 0 Å². The lowest BCUT2D eigenvalue weighted by atomic mass is 10.0. The molecule has 1 unspecified atom stereocenters. The van der Waals surface area contributed by atoms with Gasteiger partial charge in [-0.05, 0) is 77.0 Å². The SMILES string of the molecule is CCC/C=C\CCCCCCCC(=O)OCC(COC(=O)CCCCCCCCCCCC/C=C\C/C=C\C/C=C\CCCCCCC)OC(=O)CCCCCCCCCCCCCCC. The lowest BCUT2D eigenvalue weighted by Crippen LogP contribution is -2.30. The lowest BCUT2D eigenvalue weighted by molar-refractivity contribution is -0.167. The van der Waals surface area contributed by atoms with E-state index in [2.05, 4.69) is 69.4 Å². The summed E-state index contributed by atoms with van der Waals surface area (Å²) < 4.78 is 16.8. The van der Waals surface area contributed by atoms with Crippen LogP contribution < -0.4 is 0 Å². The van der Waals surface area contributed by atoms with E-state index >= 15 is 0 Å². The number of carbonyl (C=O) groups is 3. The lowest BCUT2D eigenvalue weighted by Gasteiger charge is -2.18. The molecular weight excluding hydrogens is 817 g/mol. The van der Waals surface area contributed by atoms with Crippen molar-refractivity contribution < 1.29 is 28.6 Å². The van der Waals surface area contributed by atoms with Gasteiger partial charge in [0.15, 0.2) is 6.10 Å². The van der Waals surface area contributed by atoms with Crippen LogP contribution >= 0.6 is 0 Å². The maximum atomic E-state index is 12.8. The second-order valence-electron chi connectivity index (χ2n) is 19.2. The molecule has 0 aliphatic rings. The minimum Gasteiger partial charge on any atom is -0.462 e. The van der Waals surface area contributed by atoms with Gasteiger partial charge in [0.25, 0.3) is 0 Å². The standard InChI is InChI=1S/C60H108O6/c1-4-7-10-13-16-19-22-24-25-26-27-28-29-30-31-32-33-34-35-37-38-41-44-47-50-53-59(62)65-56-57(55-64-58(61)52-49-46-43-40-21-18-15-12-9-6-3)66-60(63)54-51-48-45-42-39-36-23-20-17-14-11-8-5-2/h12,15,22,24,26-27,29-30,57H,4-11,13-14,16-21,23,25,28,31-56H2,1-3H3/b15-12-,24-22-,27-26-,30-29-. The van der Waals surface area contributed by atoms with Crippen molar-refractivity contribution >= 4 is 17.9 Å². The molecule has 0 aliphatic carbocycles. The summed E-state index contributed by atoms with van der Waals surface area (Å²) in [5.41, 5.74) is 0. The Labute approximate surface area is 409 Å². The Balaban J connectivity index is 4.21. The number of carbonyl (C=O) groups excluding carboxylic acids is 3. The Morgan fingerprint density at radius 1 is 0.303 bits per heavy atom. The van der Waals surface area contributed by atoms with Crippen molar-refractivity contribution in [3.8, 4) is 0 Å². The zero-order valence-corrected chi connectivity index (χ0v) is 44.0. The van der Waals surface area contributed by atoms with Crippen molar-refractivity contribution in [2.24, 2.45) is 0 Å². The number of hydrogen-bond donors (Lipinski definition) is 0. The predicted molar refractivity (Wildman–Crippen MR) is 284 cm³/mol. The van der Waals surface area contributed by atoms with E-state index < -0.39 is 6.10 Å². The minimum atomic E-state index is -0.774. The van der Waals surface area contributed by atoms with Crippen LogP contribution in [0.4, 0.5) is 0 Å². The maximum absolute atomic E-state index is 12.8. The monoisotopic (exact) mass is 925 g/mol. The first-order valence-corrected chi connectivity index (χ1v) is 28.6. The van der Waals surface area contributed by atoms with Gasteiger partial charge in [0.1, 0.15) is 13.2 Å². The molecule has 0 amide bonds. The van der Waals surface area contributed by atoms with Gasteiger partial charge in [-0.1, -0.05) is 249 Å². The number of hydrogen-bond acceptors (Lipinski definition) is 6. The van der Waals surface area contributed by atoms with E-state index in [1.807, 2.05) is 0 Å². The third-order valence-corrected chi connectivity index (χ3v) is 12.5. The molecule has 0 saturated carbocycles. The highest BCUT2D eigenvalue weighted by Crippen LogP contribution is 2.16. The van der Waals surface area contributed by atoms with E-state index in [1.54, 1.807) is 0 Å². The molecule has 0 aromatic carbocycles. The van der Waals surface area contributed by atoms with Gasteiger partial charge in [-0.15, -0.1) is 0 Å². The fourth-order valence-corrected chi connectivity index (χ4v) is 8.22. The van der Waals surface area contributed by atoms with Gasteiger partial charge in [-0.25, -0.2) is 0 Å². The van der Waals surface area contributed by atoms with Crippen molar-refractivity contribution in [3.63, 3.8) is 0 Å². The minimum absolute atomic E-state index is 0.0752. The summed E-state index contributed by atoms with van der Waals surface area (Å²) in [4.78, 5) is 38.0. The Morgan fingerprint density at radius 3 is 0.924 bits per heavy atom. The second-order valence-corrected chi connectivity index (χ2v) is 19.2. The quantitative estimate of drug-likeness (QED) is 0.0262. The van der Waals surface area contributed by atoms with Crippen LogP contribution in [0.1, 0.15) is 297 Å². The van der Waals surface area contributed by atoms with Crippen LogP contribution in [0.15, 0.2) is 48.6 Å². The van der Waals surface area contributed by atoms with Crippen molar-refractivity contribution in [2.45, 2.75) is 303 Å². The van der Waals surface area contributed by atoms with E-state index in [9.17, 15) is 14.4 Å². The van der Waals surface area contributed by atoms with Crippen LogP contribution in [0.2, 0.25) is 0 Å². The fourth-order valence-electron chi connectivity index (χ4n) is 8.22. The molecule has 384 valence electrons. The molecule has 0 fully saturated rings. The summed E-state index contributed by atoms with van der Waals surface area (Å²) in [6.07, 6.45) is 66.8. The van der Waals surface area contributed by atoms with E-state index in [-0.39, 0.29) is 31.1 Å². The first-order chi connectivity index (χ1) is 32.5. The summed E-state index contributed by atoms with van der Waals surface area (Å²) >= 11 is 0. The molecule has 0 N–H and O–H groups in total. The van der Waals surface area contributed by atoms with Crippen molar-refractivity contribution in [3.05, 3.63) is 48.6 Å². The van der Waals surface area contributed by atoms with Gasteiger partial charge in [0.05, 0.1) is 0 Å². The van der Waals surface area contributed by atoms with Gasteiger partial charge in [-0.3, -0.25) is 14.4 Å². The molecule has 0 saturated heterocycles. The van der Waals surface area contributed by atoms with Crippen LogP contribution in [0.25, 0.3) is 0 Å². The Bertz CT molecular complexity index is 1150. The maximum Gasteiger partial charge on any atom is 0.306 e. The summed E-state index contributed by atoms with van der Waals surface area (Å²) in [7, 11) is 0. The smallest absolute Gasteiger partial charge is 0.306 e. The van der Waals surface area contributed by atoms with Crippen LogP contribution in [0.3, 0.4) is 0 Å². The van der Waals surface area contributed by atoms with Gasteiger partial charge in [0, 0.05) is 19.3 Å². The Kier molecular flexibility index (Phi) is 52.8. The van der Waals surface area contributed by atoms with Crippen LogP contribution in [0, 0.1) is 0 Å². The van der Waals surface area contributed by atoms with Crippen molar-refractivity contribution in [2.75, 3.05) is 13.2 Å². The number of esters is 3. The number of rotatable bonds is 52. The van der Waals surface area contributed by atoms with Gasteiger partial charge in [-0.2, -0.15) is 0 Å². The van der Waals surface area contributed by atoms with Crippen LogP contribution in [-0.2, 0) is 28.6 Å². The van der Waals surface area contributed by atoms with Crippen molar-refractivity contribution in [1.29, 1.82) is 0 Å². The molecule has 0 heterocycles. The molecule has 0 bridgehead atoms. The third kappa shape index (κ3) is 52.3. The first kappa shape index (κ1) is 63.4. The average molecular weight is 926 g/mol. The molecule has 0 aromatic heterocycles. The summed E-state index contributed by atoms with van der Waals surface area (Å²) in [5, 5.41) is 0. The second kappa shape index (κ2) is 55.0. The molecular formula is C60H108O6. The molecule has 0 aliphatic heterocycles. The van der Waals surface area contributed by atoms with Crippen LogP contribution in [-0.4, -0.2) is 37.2 Å². The molecule has 0 aromatic rings. The first-order valence-electron chi connectivity index (χ1n) is 28.6. The summed E-state index contributed by atoms with van der Waals surface area (Å²) in [6, 6.07) is 0. The van der Waals surface area contributed by atoms with Gasteiger partial charge >= 0.3 is 17.9 Å². The molecule has 6 heteroatoms. The largest absolute Gasteiger partial charge is 0.462 e. The molecule has 1 atom stereocenters. The topological polar surface area (TPSA) is 78.9 Å². The zero-order valence-electron chi connectivity index (χ0n) is 44.0. The molecule has 66 heavy (non-hydrogen) atoms. The number of ether oxygens (including phenoxy) is 3. The molecule has 0 rings (SSSR count). The molecule has 0 radical (unpaired) electrons. The van der Waals surface area contributed by atoms with E-state index in [1.165, 1.54) is 173 Å². The summed E-state index contributed by atoms with van der Waals surface area (Å²) in [6.45, 7) is 6.58. The number of unbranched alkanes of at least 4 members (excludes halogenated alkanes) is 33. The summed E-state index contributed by atoms with van der Waals surface area (Å²) in [5.74, 6) is -0.878. The van der Waals surface area contributed by atoms with E-state index in [0.29, 0.717) is 19.3 Å². The van der Waals surface area contributed by atoms with Gasteiger partial charge < -0.3 is 14.2 Å². The third-order valence-electron chi connectivity index (χ3n) is 12.5. The normalized spacial score (nSPS) is 12.3. The van der Waals surface area contributed by atoms with E-state index in [0.717, 1.165) is 83.5 Å². The van der Waals surface area contributed by atoms with Crippen LogP contribution in [0.5, 0.6) is 0 Å². The zero-order chi connectivity index (χ0) is 47.9. The van der Waals surface area contributed by atoms with E-state index in [4.69, 9.17) is 14.2 Å². The van der Waals surface area contributed by atoms with Crippen molar-refractivity contribution in [1.82, 2.24) is 0 Å². The predicted octanol–water partition coefficient (Wildman–Crippen LogP) is 19.0. The molecule has 6 nitrogen and oxygen atoms in total. The average Bonchev–Trinajstić information content (AvgIpc) is 3.31. The fraction of sp³-hybridized carbons (Fsp3) is 0.817. The number of allylic oxidation sites excluding steroid dienone is 8. The highest BCUT2D eigenvalue weighted by molar-refractivity contribution is 5.71.